The van der Waals surface area contributed by atoms with E-state index in [1.807, 2.05) is 0 Å². The maximum absolute atomic E-state index is 13.6. The Balaban J connectivity index is 2.57. The highest BCUT2D eigenvalue weighted by molar-refractivity contribution is 7.91. The normalized spacial score (nSPS) is 13.6. The lowest BCUT2D eigenvalue weighted by molar-refractivity contribution is -0.173. The lowest BCUT2D eigenvalue weighted by Crippen LogP contribution is -2.42. The van der Waals surface area contributed by atoms with E-state index in [-0.39, 0.29) is 9.31 Å². The summed E-state index contributed by atoms with van der Waals surface area (Å²) in [6, 6.07) is 2.58. The number of nitriles is 1. The second-order valence-corrected chi connectivity index (χ2v) is 7.95. The number of thiazole rings is 1. The third kappa shape index (κ3) is 3.97. The zero-order valence-corrected chi connectivity index (χ0v) is 14.3. The van der Waals surface area contributed by atoms with Crippen molar-refractivity contribution in [3.63, 3.8) is 0 Å². The number of hydrogen-bond acceptors (Lipinski definition) is 5. The molecule has 1 unspecified atom stereocenters. The summed E-state index contributed by atoms with van der Waals surface area (Å²) >= 11 is 0.480. The highest BCUT2D eigenvalue weighted by atomic mass is 32.2. The van der Waals surface area contributed by atoms with Crippen LogP contribution in [0.2, 0.25) is 0 Å². The maximum atomic E-state index is 13.6. The molecule has 1 aromatic heterocycles. The third-order valence-electron chi connectivity index (χ3n) is 3.24. The molecule has 2 rings (SSSR count). The lowest BCUT2D eigenvalue weighted by Gasteiger charge is -2.31. The van der Waals surface area contributed by atoms with Crippen molar-refractivity contribution in [2.45, 2.75) is 23.4 Å². The minimum atomic E-state index is -4.93. The van der Waals surface area contributed by atoms with Gasteiger partial charge in [0.1, 0.15) is 17.9 Å². The number of sulfonamides is 1. The summed E-state index contributed by atoms with van der Waals surface area (Å²) < 4.78 is 78.9. The van der Waals surface area contributed by atoms with Gasteiger partial charge in [-0.1, -0.05) is 30.4 Å². The van der Waals surface area contributed by atoms with Crippen LogP contribution in [-0.4, -0.2) is 30.4 Å². The van der Waals surface area contributed by atoms with Gasteiger partial charge in [-0.2, -0.15) is 22.7 Å². The van der Waals surface area contributed by atoms with Gasteiger partial charge in [0.25, 0.3) is 10.0 Å². The summed E-state index contributed by atoms with van der Waals surface area (Å²) in [5.74, 6) is -0.739. The quantitative estimate of drug-likeness (QED) is 0.729. The molecule has 0 aliphatic rings. The number of benzene rings is 1. The third-order valence-corrected chi connectivity index (χ3v) is 6.52. The SMILES string of the molecule is CCN(C(c1ccc(F)cc1)C(F)(F)F)S(=O)(=O)c1cnc(C#N)s1. The molecule has 5 nitrogen and oxygen atoms in total. The van der Waals surface area contributed by atoms with Gasteiger partial charge in [-0.25, -0.2) is 17.8 Å². The van der Waals surface area contributed by atoms with Crippen molar-refractivity contribution < 1.29 is 26.0 Å². The molecule has 0 spiro atoms. The summed E-state index contributed by atoms with van der Waals surface area (Å²) in [7, 11) is -4.56. The van der Waals surface area contributed by atoms with E-state index in [0.717, 1.165) is 30.5 Å². The Morgan fingerprint density at radius 3 is 2.36 bits per heavy atom. The van der Waals surface area contributed by atoms with E-state index in [2.05, 4.69) is 4.98 Å². The molecule has 1 heterocycles. The first kappa shape index (κ1) is 19.3. The average molecular weight is 393 g/mol. The van der Waals surface area contributed by atoms with E-state index in [1.54, 1.807) is 6.07 Å². The highest BCUT2D eigenvalue weighted by Crippen LogP contribution is 2.41. The number of hydrogen-bond donors (Lipinski definition) is 0. The summed E-state index contributed by atoms with van der Waals surface area (Å²) in [6.07, 6.45) is -4.08. The average Bonchev–Trinajstić information content (AvgIpc) is 3.02. The molecule has 25 heavy (non-hydrogen) atoms. The minimum Gasteiger partial charge on any atom is -0.233 e. The fraction of sp³-hybridized carbons (Fsp3) is 0.286. The largest absolute Gasteiger partial charge is 0.409 e. The zero-order chi connectivity index (χ0) is 18.8. The van der Waals surface area contributed by atoms with Gasteiger partial charge in [0.05, 0.1) is 6.20 Å². The molecule has 0 aliphatic heterocycles. The lowest BCUT2D eigenvalue weighted by atomic mass is 10.1. The molecule has 0 radical (unpaired) electrons. The molecule has 0 N–H and O–H groups in total. The molecule has 2 aromatic rings. The van der Waals surface area contributed by atoms with Gasteiger partial charge in [0.15, 0.2) is 9.22 Å². The Hall–Kier alpha value is -2.03. The van der Waals surface area contributed by atoms with E-state index in [9.17, 15) is 26.0 Å². The van der Waals surface area contributed by atoms with Crippen molar-refractivity contribution in [3.05, 3.63) is 46.9 Å². The Morgan fingerprint density at radius 1 is 1.32 bits per heavy atom. The summed E-state index contributed by atoms with van der Waals surface area (Å²) in [4.78, 5) is 3.54. The molecule has 134 valence electrons. The Morgan fingerprint density at radius 2 is 1.92 bits per heavy atom. The van der Waals surface area contributed by atoms with E-state index in [1.165, 1.54) is 6.92 Å². The predicted octanol–water partition coefficient (Wildman–Crippen LogP) is 3.47. The number of nitrogens with zero attached hydrogens (tertiary/aromatic N) is 3. The van der Waals surface area contributed by atoms with Crippen LogP contribution < -0.4 is 0 Å². The molecule has 0 saturated heterocycles. The van der Waals surface area contributed by atoms with Gasteiger partial charge >= 0.3 is 6.18 Å². The number of aromatic nitrogens is 1. The van der Waals surface area contributed by atoms with Gasteiger partial charge in [-0.05, 0) is 17.7 Å². The van der Waals surface area contributed by atoms with Crippen molar-refractivity contribution in [1.29, 1.82) is 5.26 Å². The topological polar surface area (TPSA) is 74.1 Å². The fourth-order valence-corrected chi connectivity index (χ4v) is 4.87. The van der Waals surface area contributed by atoms with Crippen LogP contribution in [0, 0.1) is 17.1 Å². The summed E-state index contributed by atoms with van der Waals surface area (Å²) in [5.41, 5.74) is -0.413. The highest BCUT2D eigenvalue weighted by Gasteiger charge is 2.49. The second kappa shape index (κ2) is 7.07. The van der Waals surface area contributed by atoms with E-state index >= 15 is 0 Å². The van der Waals surface area contributed by atoms with Crippen LogP contribution >= 0.6 is 11.3 Å². The molecule has 0 fully saturated rings. The molecule has 0 bridgehead atoms. The van der Waals surface area contributed by atoms with Crippen LogP contribution in [0.4, 0.5) is 17.6 Å². The molecule has 0 amide bonds. The molecule has 11 heteroatoms. The number of alkyl halides is 3. The van der Waals surface area contributed by atoms with Crippen molar-refractivity contribution in [2.75, 3.05) is 6.54 Å². The standard InChI is InChI=1S/C14H11F4N3O2S2/c1-2-21(25(22,23)12-8-20-11(7-19)24-12)13(14(16,17)18)9-3-5-10(15)6-4-9/h3-6,8,13H,2H2,1H3. The van der Waals surface area contributed by atoms with Gasteiger partial charge in [0.2, 0.25) is 0 Å². The Labute approximate surface area is 145 Å². The van der Waals surface area contributed by atoms with Crippen molar-refractivity contribution >= 4 is 21.4 Å². The fourth-order valence-electron chi connectivity index (χ4n) is 2.20. The predicted molar refractivity (Wildman–Crippen MR) is 81.6 cm³/mol. The molecular formula is C14H11F4N3O2S2. The van der Waals surface area contributed by atoms with Gasteiger partial charge < -0.3 is 0 Å². The Kier molecular flexibility index (Phi) is 5.46. The van der Waals surface area contributed by atoms with E-state index < -0.39 is 44.4 Å². The van der Waals surface area contributed by atoms with Crippen LogP contribution in [0.3, 0.4) is 0 Å². The first-order valence-corrected chi connectivity index (χ1v) is 9.07. The van der Waals surface area contributed by atoms with E-state index in [4.69, 9.17) is 5.26 Å². The summed E-state index contributed by atoms with van der Waals surface area (Å²) in [6.45, 7) is 0.774. The van der Waals surface area contributed by atoms with Crippen LogP contribution in [0.25, 0.3) is 0 Å². The van der Waals surface area contributed by atoms with Gasteiger partial charge in [-0.3, -0.25) is 0 Å². The monoisotopic (exact) mass is 393 g/mol. The van der Waals surface area contributed by atoms with Gasteiger partial charge in [-0.15, -0.1) is 0 Å². The molecular weight excluding hydrogens is 382 g/mol. The Bertz CT molecular complexity index is 886. The van der Waals surface area contributed by atoms with Gasteiger partial charge in [0, 0.05) is 6.54 Å². The molecule has 1 atom stereocenters. The molecule has 1 aromatic carbocycles. The van der Waals surface area contributed by atoms with Crippen molar-refractivity contribution in [2.24, 2.45) is 0 Å². The zero-order valence-electron chi connectivity index (χ0n) is 12.7. The van der Waals surface area contributed by atoms with Crippen LogP contribution in [-0.2, 0) is 10.0 Å². The smallest absolute Gasteiger partial charge is 0.233 e. The first-order chi connectivity index (χ1) is 11.6. The number of rotatable bonds is 5. The maximum Gasteiger partial charge on any atom is 0.409 e. The van der Waals surface area contributed by atoms with E-state index in [0.29, 0.717) is 11.3 Å². The minimum absolute atomic E-state index is 0.181. The second-order valence-electron chi connectivity index (χ2n) is 4.80. The molecule has 0 saturated carbocycles. The van der Waals surface area contributed by atoms with Crippen LogP contribution in [0.1, 0.15) is 23.5 Å². The number of halogens is 4. The summed E-state index contributed by atoms with van der Waals surface area (Å²) in [5, 5.41) is 8.55. The molecule has 0 aliphatic carbocycles. The van der Waals surface area contributed by atoms with Crippen molar-refractivity contribution in [3.8, 4) is 6.07 Å². The van der Waals surface area contributed by atoms with Crippen LogP contribution in [0.5, 0.6) is 0 Å². The van der Waals surface area contributed by atoms with Crippen LogP contribution in [0.15, 0.2) is 34.7 Å². The van der Waals surface area contributed by atoms with Crippen molar-refractivity contribution in [1.82, 2.24) is 9.29 Å². The first-order valence-electron chi connectivity index (χ1n) is 6.81.